The van der Waals surface area contributed by atoms with Gasteiger partial charge in [-0.25, -0.2) is 4.98 Å². The van der Waals surface area contributed by atoms with Crippen LogP contribution in [0, 0.1) is 5.92 Å². The van der Waals surface area contributed by atoms with Crippen molar-refractivity contribution >= 4 is 22.4 Å². The number of amides is 1. The molecule has 0 aromatic carbocycles. The Morgan fingerprint density at radius 2 is 1.75 bits per heavy atom. The summed E-state index contributed by atoms with van der Waals surface area (Å²) in [5.74, 6) is 0.729. The first-order valence-corrected chi connectivity index (χ1v) is 10.4. The van der Waals surface area contributed by atoms with E-state index < -0.39 is 0 Å². The summed E-state index contributed by atoms with van der Waals surface area (Å²) in [5, 5.41) is 3.36. The number of hydrogen-bond acceptors (Lipinski definition) is 5. The molecule has 3 fully saturated rings. The number of piperazine rings is 1. The van der Waals surface area contributed by atoms with Gasteiger partial charge in [0.25, 0.3) is 0 Å². The molecule has 24 heavy (non-hydrogen) atoms. The summed E-state index contributed by atoms with van der Waals surface area (Å²) >= 11 is 1.76. The van der Waals surface area contributed by atoms with Crippen molar-refractivity contribution in [2.45, 2.75) is 45.1 Å². The molecule has 0 unspecified atom stereocenters. The lowest BCUT2D eigenvalue weighted by Gasteiger charge is -2.34. The second-order valence-electron chi connectivity index (χ2n) is 7.40. The quantitative estimate of drug-likeness (QED) is 0.838. The molecule has 1 aromatic rings. The summed E-state index contributed by atoms with van der Waals surface area (Å²) in [7, 11) is 0. The van der Waals surface area contributed by atoms with Crippen LogP contribution in [-0.4, -0.2) is 60.0 Å². The highest BCUT2D eigenvalue weighted by molar-refractivity contribution is 7.13. The van der Waals surface area contributed by atoms with E-state index in [0.717, 1.165) is 50.7 Å². The SMILES string of the molecule is O=C(C1CC1)N1CCN(c2nc(CN3CCCCCC3)cs2)CC1. The van der Waals surface area contributed by atoms with Crippen LogP contribution in [0.25, 0.3) is 0 Å². The first kappa shape index (κ1) is 16.3. The van der Waals surface area contributed by atoms with E-state index in [2.05, 4.69) is 20.1 Å². The Morgan fingerprint density at radius 3 is 2.42 bits per heavy atom. The fraction of sp³-hybridized carbons (Fsp3) is 0.778. The molecule has 5 nitrogen and oxygen atoms in total. The molecular formula is C18H28N4OS. The van der Waals surface area contributed by atoms with Gasteiger partial charge in [0.15, 0.2) is 5.13 Å². The predicted octanol–water partition coefficient (Wildman–Crippen LogP) is 2.58. The van der Waals surface area contributed by atoms with Crippen LogP contribution in [0.2, 0.25) is 0 Å². The van der Waals surface area contributed by atoms with Crippen LogP contribution >= 0.6 is 11.3 Å². The normalized spacial score (nSPS) is 23.3. The highest BCUT2D eigenvalue weighted by Crippen LogP contribution is 2.31. The highest BCUT2D eigenvalue weighted by atomic mass is 32.1. The number of likely N-dealkylation sites (tertiary alicyclic amines) is 1. The van der Waals surface area contributed by atoms with Gasteiger partial charge in [-0.05, 0) is 38.8 Å². The minimum absolute atomic E-state index is 0.344. The average Bonchev–Trinajstić information content (AvgIpc) is 3.40. The number of rotatable bonds is 4. The largest absolute Gasteiger partial charge is 0.345 e. The zero-order valence-electron chi connectivity index (χ0n) is 14.5. The van der Waals surface area contributed by atoms with Crippen LogP contribution in [0.15, 0.2) is 5.38 Å². The third kappa shape index (κ3) is 3.91. The van der Waals surface area contributed by atoms with Gasteiger partial charge in [-0.3, -0.25) is 9.69 Å². The van der Waals surface area contributed by atoms with E-state index in [4.69, 9.17) is 4.98 Å². The maximum absolute atomic E-state index is 12.1. The van der Waals surface area contributed by atoms with E-state index in [1.165, 1.54) is 44.5 Å². The molecule has 2 aliphatic heterocycles. The topological polar surface area (TPSA) is 39.7 Å². The van der Waals surface area contributed by atoms with Gasteiger partial charge in [-0.1, -0.05) is 12.8 Å². The maximum Gasteiger partial charge on any atom is 0.225 e. The smallest absolute Gasteiger partial charge is 0.225 e. The maximum atomic E-state index is 12.1. The van der Waals surface area contributed by atoms with Gasteiger partial charge in [-0.15, -0.1) is 11.3 Å². The Kier molecular flexibility index (Phi) is 5.03. The van der Waals surface area contributed by atoms with Crippen molar-refractivity contribution < 1.29 is 4.79 Å². The number of nitrogens with zero attached hydrogens (tertiary/aromatic N) is 4. The second-order valence-corrected chi connectivity index (χ2v) is 8.23. The lowest BCUT2D eigenvalue weighted by atomic mass is 10.2. The Labute approximate surface area is 148 Å². The molecule has 0 spiro atoms. The van der Waals surface area contributed by atoms with Gasteiger partial charge >= 0.3 is 0 Å². The Morgan fingerprint density at radius 1 is 1.04 bits per heavy atom. The van der Waals surface area contributed by atoms with Crippen molar-refractivity contribution in [3.63, 3.8) is 0 Å². The molecule has 3 heterocycles. The standard InChI is InChI=1S/C18H28N4OS/c23-17(15-5-6-15)21-9-11-22(12-10-21)18-19-16(14-24-18)13-20-7-3-1-2-4-8-20/h14-15H,1-13H2. The number of carbonyl (C=O) groups is 1. The van der Waals surface area contributed by atoms with Gasteiger partial charge in [0, 0.05) is 44.0 Å². The highest BCUT2D eigenvalue weighted by Gasteiger charge is 2.34. The molecule has 1 saturated carbocycles. The molecule has 0 atom stereocenters. The van der Waals surface area contributed by atoms with Gasteiger partial charge in [0.05, 0.1) is 5.69 Å². The van der Waals surface area contributed by atoms with Crippen LogP contribution in [0.3, 0.4) is 0 Å². The van der Waals surface area contributed by atoms with Crippen LogP contribution in [0.1, 0.15) is 44.2 Å². The van der Waals surface area contributed by atoms with E-state index in [1.54, 1.807) is 11.3 Å². The summed E-state index contributed by atoms with van der Waals surface area (Å²) in [6.45, 7) is 7.00. The van der Waals surface area contributed by atoms with Gasteiger partial charge in [-0.2, -0.15) is 0 Å². The molecule has 0 radical (unpaired) electrons. The van der Waals surface area contributed by atoms with E-state index in [9.17, 15) is 4.79 Å². The third-order valence-corrected chi connectivity index (χ3v) is 6.36. The zero-order valence-corrected chi connectivity index (χ0v) is 15.3. The van der Waals surface area contributed by atoms with Gasteiger partial charge in [0.1, 0.15) is 0 Å². The molecule has 6 heteroatoms. The summed E-state index contributed by atoms with van der Waals surface area (Å²) in [6.07, 6.45) is 7.62. The van der Waals surface area contributed by atoms with E-state index in [0.29, 0.717) is 11.8 Å². The lowest BCUT2D eigenvalue weighted by molar-refractivity contribution is -0.132. The Balaban J connectivity index is 1.29. The van der Waals surface area contributed by atoms with Crippen molar-refractivity contribution in [3.05, 3.63) is 11.1 Å². The first-order valence-electron chi connectivity index (χ1n) is 9.50. The molecule has 132 valence electrons. The molecule has 0 bridgehead atoms. The number of carbonyl (C=O) groups excluding carboxylic acids is 1. The minimum atomic E-state index is 0.344. The zero-order chi connectivity index (χ0) is 16.4. The first-order chi connectivity index (χ1) is 11.8. The third-order valence-electron chi connectivity index (χ3n) is 5.41. The Bertz CT molecular complexity index is 555. The number of anilines is 1. The molecule has 0 N–H and O–H groups in total. The van der Waals surface area contributed by atoms with Crippen molar-refractivity contribution in [2.24, 2.45) is 5.92 Å². The van der Waals surface area contributed by atoms with E-state index >= 15 is 0 Å². The van der Waals surface area contributed by atoms with Gasteiger partial charge < -0.3 is 9.80 Å². The monoisotopic (exact) mass is 348 g/mol. The summed E-state index contributed by atoms with van der Waals surface area (Å²) in [4.78, 5) is 24.0. The molecule has 3 aliphatic rings. The van der Waals surface area contributed by atoms with Crippen molar-refractivity contribution in [1.82, 2.24) is 14.8 Å². The van der Waals surface area contributed by atoms with Gasteiger partial charge in [0.2, 0.25) is 5.91 Å². The van der Waals surface area contributed by atoms with E-state index in [-0.39, 0.29) is 0 Å². The molecule has 2 saturated heterocycles. The van der Waals surface area contributed by atoms with Crippen molar-refractivity contribution in [3.8, 4) is 0 Å². The van der Waals surface area contributed by atoms with Crippen molar-refractivity contribution in [1.29, 1.82) is 0 Å². The fourth-order valence-electron chi connectivity index (χ4n) is 3.74. The summed E-state index contributed by atoms with van der Waals surface area (Å²) in [5.41, 5.74) is 1.22. The van der Waals surface area contributed by atoms with E-state index in [1.807, 2.05) is 0 Å². The second kappa shape index (κ2) is 7.40. The molecule has 1 aliphatic carbocycles. The molecule has 4 rings (SSSR count). The van der Waals surface area contributed by atoms with Crippen LogP contribution < -0.4 is 4.90 Å². The molecular weight excluding hydrogens is 320 g/mol. The predicted molar refractivity (Wildman–Crippen MR) is 97.4 cm³/mol. The number of hydrogen-bond donors (Lipinski definition) is 0. The fourth-order valence-corrected chi connectivity index (χ4v) is 4.61. The summed E-state index contributed by atoms with van der Waals surface area (Å²) < 4.78 is 0. The number of aromatic nitrogens is 1. The summed E-state index contributed by atoms with van der Waals surface area (Å²) in [6, 6.07) is 0. The van der Waals surface area contributed by atoms with Crippen molar-refractivity contribution in [2.75, 3.05) is 44.2 Å². The minimum Gasteiger partial charge on any atom is -0.345 e. The van der Waals surface area contributed by atoms with Crippen LogP contribution in [-0.2, 0) is 11.3 Å². The molecule has 1 amide bonds. The van der Waals surface area contributed by atoms with Crippen LogP contribution in [0.4, 0.5) is 5.13 Å². The number of thiazole rings is 1. The lowest BCUT2D eigenvalue weighted by Crippen LogP contribution is -2.49. The Hall–Kier alpha value is -1.14. The van der Waals surface area contributed by atoms with Crippen LogP contribution in [0.5, 0.6) is 0 Å². The molecule has 1 aromatic heterocycles. The average molecular weight is 349 g/mol.